The fraction of sp³-hybridized carbons (Fsp3) is 0.286. The predicted octanol–water partition coefficient (Wildman–Crippen LogP) is 3.21. The Morgan fingerprint density at radius 2 is 1.83 bits per heavy atom. The van der Waals surface area contributed by atoms with Gasteiger partial charge < -0.3 is 10.6 Å². The quantitative estimate of drug-likeness (QED) is 0.845. The van der Waals surface area contributed by atoms with Crippen LogP contribution < -0.4 is 10.6 Å². The second-order valence-electron chi connectivity index (χ2n) is 3.95. The van der Waals surface area contributed by atoms with E-state index in [0.717, 1.165) is 30.3 Å². The number of aromatic nitrogens is 2. The van der Waals surface area contributed by atoms with E-state index in [1.54, 1.807) is 6.33 Å². The molecule has 4 nitrogen and oxygen atoms in total. The van der Waals surface area contributed by atoms with E-state index in [1.807, 2.05) is 25.1 Å². The zero-order valence-electron chi connectivity index (χ0n) is 10.8. The molecular formula is C14H18N4. The van der Waals surface area contributed by atoms with Crippen LogP contribution in [0.1, 0.15) is 19.4 Å². The zero-order chi connectivity index (χ0) is 12.8. The average molecular weight is 242 g/mol. The van der Waals surface area contributed by atoms with Crippen molar-refractivity contribution in [2.45, 2.75) is 20.3 Å². The molecule has 18 heavy (non-hydrogen) atoms. The van der Waals surface area contributed by atoms with Crippen LogP contribution in [0.15, 0.2) is 36.7 Å². The number of para-hydroxylation sites is 1. The molecule has 0 aliphatic carbocycles. The number of hydrogen-bond donors (Lipinski definition) is 2. The molecule has 94 valence electrons. The Balaban J connectivity index is 2.20. The minimum Gasteiger partial charge on any atom is -0.370 e. The number of aryl methyl sites for hydroxylation is 1. The maximum Gasteiger partial charge on any atom is 0.135 e. The second-order valence-corrected chi connectivity index (χ2v) is 3.95. The lowest BCUT2D eigenvalue weighted by Crippen LogP contribution is -2.02. The molecule has 4 heteroatoms. The summed E-state index contributed by atoms with van der Waals surface area (Å²) in [4.78, 5) is 8.38. The summed E-state index contributed by atoms with van der Waals surface area (Å²) in [7, 11) is 0. The lowest BCUT2D eigenvalue weighted by atomic mass is 10.1. The summed E-state index contributed by atoms with van der Waals surface area (Å²) in [6.45, 7) is 5.04. The SMILES string of the molecule is CCNc1cc(Nc2ccccc2CC)ncn1. The van der Waals surface area contributed by atoms with E-state index in [9.17, 15) is 0 Å². The van der Waals surface area contributed by atoms with E-state index >= 15 is 0 Å². The minimum atomic E-state index is 0.807. The summed E-state index contributed by atoms with van der Waals surface area (Å²) < 4.78 is 0. The summed E-state index contributed by atoms with van der Waals surface area (Å²) in [6, 6.07) is 10.2. The van der Waals surface area contributed by atoms with E-state index in [4.69, 9.17) is 0 Å². The van der Waals surface area contributed by atoms with Crippen molar-refractivity contribution < 1.29 is 0 Å². The molecule has 2 rings (SSSR count). The number of anilines is 3. The van der Waals surface area contributed by atoms with Crippen molar-refractivity contribution in [2.24, 2.45) is 0 Å². The Hall–Kier alpha value is -2.10. The van der Waals surface area contributed by atoms with E-state index in [-0.39, 0.29) is 0 Å². The highest BCUT2D eigenvalue weighted by Gasteiger charge is 2.02. The third kappa shape index (κ3) is 2.97. The molecular weight excluding hydrogens is 224 g/mol. The first-order valence-corrected chi connectivity index (χ1v) is 6.24. The van der Waals surface area contributed by atoms with Gasteiger partial charge in [0.25, 0.3) is 0 Å². The van der Waals surface area contributed by atoms with Gasteiger partial charge in [-0.1, -0.05) is 25.1 Å². The van der Waals surface area contributed by atoms with Crippen LogP contribution in [0, 0.1) is 0 Å². The smallest absolute Gasteiger partial charge is 0.135 e. The van der Waals surface area contributed by atoms with Gasteiger partial charge in [0.05, 0.1) is 0 Å². The maximum atomic E-state index is 4.23. The van der Waals surface area contributed by atoms with E-state index in [1.165, 1.54) is 5.56 Å². The van der Waals surface area contributed by atoms with Crippen molar-refractivity contribution in [1.82, 2.24) is 9.97 Å². The Kier molecular flexibility index (Phi) is 4.12. The predicted molar refractivity (Wildman–Crippen MR) is 75.3 cm³/mol. The minimum absolute atomic E-state index is 0.807. The van der Waals surface area contributed by atoms with E-state index in [0.29, 0.717) is 0 Å². The Labute approximate surface area is 107 Å². The second kappa shape index (κ2) is 6.00. The van der Waals surface area contributed by atoms with Crippen molar-refractivity contribution in [3.8, 4) is 0 Å². The number of benzene rings is 1. The molecule has 0 saturated heterocycles. The summed E-state index contributed by atoms with van der Waals surface area (Å²) in [5.74, 6) is 1.64. The van der Waals surface area contributed by atoms with Gasteiger partial charge >= 0.3 is 0 Å². The summed E-state index contributed by atoms with van der Waals surface area (Å²) >= 11 is 0. The van der Waals surface area contributed by atoms with Crippen LogP contribution in [0.5, 0.6) is 0 Å². The van der Waals surface area contributed by atoms with Gasteiger partial charge in [-0.05, 0) is 25.0 Å². The van der Waals surface area contributed by atoms with E-state index in [2.05, 4.69) is 39.7 Å². The topological polar surface area (TPSA) is 49.8 Å². The van der Waals surface area contributed by atoms with Gasteiger partial charge in [-0.15, -0.1) is 0 Å². The Morgan fingerprint density at radius 1 is 1.06 bits per heavy atom. The molecule has 0 atom stereocenters. The van der Waals surface area contributed by atoms with Crippen LogP contribution in [0.3, 0.4) is 0 Å². The number of nitrogens with one attached hydrogen (secondary N) is 2. The van der Waals surface area contributed by atoms with Crippen molar-refractivity contribution in [2.75, 3.05) is 17.2 Å². The van der Waals surface area contributed by atoms with Gasteiger partial charge in [0, 0.05) is 18.3 Å². The van der Waals surface area contributed by atoms with Gasteiger partial charge in [-0.3, -0.25) is 0 Å². The van der Waals surface area contributed by atoms with Crippen LogP contribution in [-0.4, -0.2) is 16.5 Å². The zero-order valence-corrected chi connectivity index (χ0v) is 10.8. The van der Waals surface area contributed by atoms with E-state index < -0.39 is 0 Å². The van der Waals surface area contributed by atoms with Gasteiger partial charge in [0.15, 0.2) is 0 Å². The highest BCUT2D eigenvalue weighted by Crippen LogP contribution is 2.20. The number of rotatable bonds is 5. The molecule has 0 saturated carbocycles. The van der Waals surface area contributed by atoms with Crippen LogP contribution in [0.2, 0.25) is 0 Å². The monoisotopic (exact) mass is 242 g/mol. The molecule has 1 heterocycles. The molecule has 0 unspecified atom stereocenters. The standard InChI is InChI=1S/C14H18N4/c1-3-11-7-5-6-8-12(11)18-14-9-13(15-4-2)16-10-17-14/h5-10H,3-4H2,1-2H3,(H2,15,16,17,18). The number of hydrogen-bond acceptors (Lipinski definition) is 4. The lowest BCUT2D eigenvalue weighted by Gasteiger charge is -2.10. The fourth-order valence-electron chi connectivity index (χ4n) is 1.79. The first-order valence-electron chi connectivity index (χ1n) is 6.24. The molecule has 1 aromatic carbocycles. The van der Waals surface area contributed by atoms with Crippen LogP contribution in [0.25, 0.3) is 0 Å². The molecule has 0 spiro atoms. The Bertz CT molecular complexity index is 511. The van der Waals surface area contributed by atoms with Gasteiger partial charge in [0.1, 0.15) is 18.0 Å². The largest absolute Gasteiger partial charge is 0.370 e. The Morgan fingerprint density at radius 3 is 2.61 bits per heavy atom. The molecule has 2 N–H and O–H groups in total. The van der Waals surface area contributed by atoms with Crippen molar-refractivity contribution >= 4 is 17.3 Å². The molecule has 0 aliphatic heterocycles. The maximum absolute atomic E-state index is 4.23. The molecule has 0 bridgehead atoms. The van der Waals surface area contributed by atoms with Crippen molar-refractivity contribution in [1.29, 1.82) is 0 Å². The first-order chi connectivity index (χ1) is 8.83. The molecule has 2 aromatic rings. The summed E-state index contributed by atoms with van der Waals surface area (Å²) in [5, 5.41) is 6.50. The normalized spacial score (nSPS) is 10.1. The molecule has 0 amide bonds. The van der Waals surface area contributed by atoms with Crippen LogP contribution in [-0.2, 0) is 6.42 Å². The average Bonchev–Trinajstić information content (AvgIpc) is 2.40. The highest BCUT2D eigenvalue weighted by molar-refractivity contribution is 5.62. The third-order valence-electron chi connectivity index (χ3n) is 2.69. The summed E-state index contributed by atoms with van der Waals surface area (Å²) in [6.07, 6.45) is 2.56. The van der Waals surface area contributed by atoms with Crippen LogP contribution >= 0.6 is 0 Å². The fourth-order valence-corrected chi connectivity index (χ4v) is 1.79. The molecule has 0 aliphatic rings. The van der Waals surface area contributed by atoms with Gasteiger partial charge in [-0.25, -0.2) is 9.97 Å². The third-order valence-corrected chi connectivity index (χ3v) is 2.69. The first kappa shape index (κ1) is 12.4. The van der Waals surface area contributed by atoms with Gasteiger partial charge in [-0.2, -0.15) is 0 Å². The van der Waals surface area contributed by atoms with Crippen molar-refractivity contribution in [3.63, 3.8) is 0 Å². The van der Waals surface area contributed by atoms with Crippen molar-refractivity contribution in [3.05, 3.63) is 42.2 Å². The number of nitrogens with zero attached hydrogens (tertiary/aromatic N) is 2. The van der Waals surface area contributed by atoms with Gasteiger partial charge in [0.2, 0.25) is 0 Å². The molecule has 0 fully saturated rings. The highest BCUT2D eigenvalue weighted by atomic mass is 15.1. The van der Waals surface area contributed by atoms with Crippen LogP contribution in [0.4, 0.5) is 17.3 Å². The lowest BCUT2D eigenvalue weighted by molar-refractivity contribution is 1.10. The molecule has 1 aromatic heterocycles. The summed E-state index contributed by atoms with van der Waals surface area (Å²) in [5.41, 5.74) is 2.38. The molecule has 0 radical (unpaired) electrons.